The van der Waals surface area contributed by atoms with Crippen LogP contribution in [0.2, 0.25) is 0 Å². The average molecular weight is 317 g/mol. The summed E-state index contributed by atoms with van der Waals surface area (Å²) in [5.41, 5.74) is 0. The predicted molar refractivity (Wildman–Crippen MR) is 72.1 cm³/mol. The number of carboxylic acids is 1. The van der Waals surface area contributed by atoms with Gasteiger partial charge in [0.15, 0.2) is 6.20 Å². The van der Waals surface area contributed by atoms with Crippen molar-refractivity contribution >= 4 is 21.8 Å². The van der Waals surface area contributed by atoms with Gasteiger partial charge in [0.2, 0.25) is 10.0 Å². The Morgan fingerprint density at radius 1 is 1.48 bits per heavy atom. The Balaban J connectivity index is 3.15. The first-order chi connectivity index (χ1) is 9.64. The zero-order valence-corrected chi connectivity index (χ0v) is 12.3. The van der Waals surface area contributed by atoms with Gasteiger partial charge in [0.25, 0.3) is 0 Å². The van der Waals surface area contributed by atoms with E-state index in [0.717, 1.165) is 22.6 Å². The van der Waals surface area contributed by atoms with E-state index >= 15 is 0 Å². The topological polar surface area (TPSA) is 131 Å². The lowest BCUT2D eigenvalue weighted by atomic mass is 10.2. The highest BCUT2D eigenvalue weighted by molar-refractivity contribution is 7.89. The molecule has 9 nitrogen and oxygen atoms in total. The minimum atomic E-state index is -4.07. The van der Waals surface area contributed by atoms with Gasteiger partial charge in [0, 0.05) is 12.6 Å². The summed E-state index contributed by atoms with van der Waals surface area (Å²) in [6, 6.07) is 2.00. The molecule has 0 aliphatic heterocycles. The molecule has 1 heterocycles. The Morgan fingerprint density at radius 2 is 2.10 bits per heavy atom. The lowest BCUT2D eigenvalue weighted by Crippen LogP contribution is -2.38. The van der Waals surface area contributed by atoms with Crippen molar-refractivity contribution in [1.29, 1.82) is 0 Å². The van der Waals surface area contributed by atoms with Crippen LogP contribution < -0.4 is 0 Å². The van der Waals surface area contributed by atoms with Gasteiger partial charge in [-0.1, -0.05) is 13.8 Å². The summed E-state index contributed by atoms with van der Waals surface area (Å²) in [4.78, 5) is 23.7. The highest BCUT2D eigenvalue weighted by Crippen LogP contribution is 2.18. The van der Waals surface area contributed by atoms with Crippen LogP contribution in [0.15, 0.2) is 23.2 Å². The molecule has 0 aromatic carbocycles. The van der Waals surface area contributed by atoms with Crippen LogP contribution in [0, 0.1) is 16.0 Å². The molecule has 0 fully saturated rings. The Kier molecular flexibility index (Phi) is 5.33. The van der Waals surface area contributed by atoms with Gasteiger partial charge in [-0.05, 0) is 21.9 Å². The molecule has 1 aromatic heterocycles. The Hall–Kier alpha value is -2.07. The fraction of sp³-hybridized carbons (Fsp3) is 0.455. The van der Waals surface area contributed by atoms with Crippen LogP contribution in [-0.2, 0) is 14.8 Å². The number of hydrogen-bond donors (Lipinski definition) is 1. The summed E-state index contributed by atoms with van der Waals surface area (Å²) >= 11 is 0. The molecule has 116 valence electrons. The van der Waals surface area contributed by atoms with Crippen LogP contribution in [0.4, 0.5) is 5.82 Å². The zero-order valence-electron chi connectivity index (χ0n) is 11.5. The van der Waals surface area contributed by atoms with E-state index in [0.29, 0.717) is 0 Å². The molecule has 0 aliphatic carbocycles. The summed E-state index contributed by atoms with van der Waals surface area (Å²) in [7, 11) is -4.07. The summed E-state index contributed by atoms with van der Waals surface area (Å²) in [5.74, 6) is -1.85. The number of nitro groups is 1. The van der Waals surface area contributed by atoms with Gasteiger partial charge < -0.3 is 15.2 Å². The van der Waals surface area contributed by atoms with Crippen LogP contribution in [-0.4, -0.2) is 46.8 Å². The van der Waals surface area contributed by atoms with Gasteiger partial charge in [0.05, 0.1) is 0 Å². The maximum atomic E-state index is 12.3. The summed E-state index contributed by atoms with van der Waals surface area (Å²) in [6.07, 6.45) is 0.850. The molecule has 1 N–H and O–H groups in total. The SMILES string of the molecule is CC(C)CN(CC(=O)O)S(=O)(=O)c1ccc([N+](=O)[O-])nc1. The molecule has 1 rings (SSSR count). The third-order valence-corrected chi connectivity index (χ3v) is 4.22. The number of hydrogen-bond acceptors (Lipinski definition) is 6. The van der Waals surface area contributed by atoms with E-state index in [-0.39, 0.29) is 17.4 Å². The monoisotopic (exact) mass is 317 g/mol. The van der Waals surface area contributed by atoms with Crippen molar-refractivity contribution < 1.29 is 23.2 Å². The molecule has 0 aliphatic rings. The fourth-order valence-electron chi connectivity index (χ4n) is 1.59. The Labute approximate surface area is 121 Å². The standard InChI is InChI=1S/C11H15N3O6S/c1-8(2)6-13(7-11(15)16)21(19,20)9-3-4-10(12-5-9)14(17)18/h3-5,8H,6-7H2,1-2H3,(H,15,16). The van der Waals surface area contributed by atoms with Crippen molar-refractivity contribution in [2.24, 2.45) is 5.92 Å². The first-order valence-electron chi connectivity index (χ1n) is 5.97. The third kappa shape index (κ3) is 4.46. The molecule has 1 aromatic rings. The summed E-state index contributed by atoms with van der Waals surface area (Å²) in [6.45, 7) is 2.83. The Morgan fingerprint density at radius 3 is 2.48 bits per heavy atom. The van der Waals surface area contributed by atoms with Gasteiger partial charge >= 0.3 is 11.8 Å². The highest BCUT2D eigenvalue weighted by atomic mass is 32.2. The molecule has 0 saturated heterocycles. The number of aromatic nitrogens is 1. The zero-order chi connectivity index (χ0) is 16.2. The number of pyridine rings is 1. The molecule has 21 heavy (non-hydrogen) atoms. The lowest BCUT2D eigenvalue weighted by Gasteiger charge is -2.21. The number of nitrogens with zero attached hydrogens (tertiary/aromatic N) is 3. The maximum Gasteiger partial charge on any atom is 0.363 e. The van der Waals surface area contributed by atoms with Crippen molar-refractivity contribution in [3.8, 4) is 0 Å². The number of rotatable bonds is 7. The number of carbonyl (C=O) groups is 1. The lowest BCUT2D eigenvalue weighted by molar-refractivity contribution is -0.389. The average Bonchev–Trinajstić information content (AvgIpc) is 2.37. The predicted octanol–water partition coefficient (Wildman–Crippen LogP) is 0.721. The minimum absolute atomic E-state index is 0.0195. The van der Waals surface area contributed by atoms with E-state index in [1.165, 1.54) is 0 Å². The van der Waals surface area contributed by atoms with Crippen molar-refractivity contribution in [2.75, 3.05) is 13.1 Å². The van der Waals surface area contributed by atoms with Crippen molar-refractivity contribution in [3.05, 3.63) is 28.4 Å². The minimum Gasteiger partial charge on any atom is -0.480 e. The number of sulfonamides is 1. The molecule has 0 atom stereocenters. The Bertz CT molecular complexity index is 626. The molecule has 0 amide bonds. The molecule has 0 spiro atoms. The van der Waals surface area contributed by atoms with Crippen molar-refractivity contribution in [3.63, 3.8) is 0 Å². The van der Waals surface area contributed by atoms with Crippen LogP contribution >= 0.6 is 0 Å². The van der Waals surface area contributed by atoms with E-state index in [1.807, 2.05) is 0 Å². The van der Waals surface area contributed by atoms with Gasteiger partial charge in [-0.2, -0.15) is 4.31 Å². The quantitative estimate of drug-likeness (QED) is 0.579. The van der Waals surface area contributed by atoms with Gasteiger partial charge in [-0.15, -0.1) is 0 Å². The largest absolute Gasteiger partial charge is 0.480 e. The first kappa shape index (κ1) is 17.0. The van der Waals surface area contributed by atoms with Crippen LogP contribution in [0.1, 0.15) is 13.8 Å². The molecular formula is C11H15N3O6S. The molecular weight excluding hydrogens is 302 g/mol. The van der Waals surface area contributed by atoms with E-state index in [1.54, 1.807) is 13.8 Å². The molecule has 0 bridgehead atoms. The van der Waals surface area contributed by atoms with Gasteiger partial charge in [-0.3, -0.25) is 4.79 Å². The molecule has 0 radical (unpaired) electrons. The van der Waals surface area contributed by atoms with Gasteiger partial charge in [-0.25, -0.2) is 8.42 Å². The van der Waals surface area contributed by atoms with E-state index in [2.05, 4.69) is 4.98 Å². The van der Waals surface area contributed by atoms with Gasteiger partial charge in [0.1, 0.15) is 11.4 Å². The number of carboxylic acid groups (broad SMARTS) is 1. The normalized spacial score (nSPS) is 11.8. The van der Waals surface area contributed by atoms with Crippen molar-refractivity contribution in [1.82, 2.24) is 9.29 Å². The van der Waals surface area contributed by atoms with E-state index < -0.39 is 33.3 Å². The van der Waals surface area contributed by atoms with Crippen molar-refractivity contribution in [2.45, 2.75) is 18.7 Å². The molecule has 0 saturated carbocycles. The fourth-order valence-corrected chi connectivity index (χ4v) is 3.09. The summed E-state index contributed by atoms with van der Waals surface area (Å²) in [5, 5.41) is 19.3. The number of aliphatic carboxylic acids is 1. The molecule has 0 unspecified atom stereocenters. The smallest absolute Gasteiger partial charge is 0.363 e. The summed E-state index contributed by atoms with van der Waals surface area (Å²) < 4.78 is 25.5. The van der Waals surface area contributed by atoms with E-state index in [9.17, 15) is 23.3 Å². The second-order valence-electron chi connectivity index (χ2n) is 4.69. The highest BCUT2D eigenvalue weighted by Gasteiger charge is 2.28. The second-order valence-corrected chi connectivity index (χ2v) is 6.63. The first-order valence-corrected chi connectivity index (χ1v) is 7.41. The maximum absolute atomic E-state index is 12.3. The van der Waals surface area contributed by atoms with E-state index in [4.69, 9.17) is 5.11 Å². The third-order valence-electron chi connectivity index (χ3n) is 2.43. The van der Waals surface area contributed by atoms with Crippen LogP contribution in [0.3, 0.4) is 0 Å². The molecule has 10 heteroatoms. The van der Waals surface area contributed by atoms with Crippen LogP contribution in [0.25, 0.3) is 0 Å². The second kappa shape index (κ2) is 6.59. The van der Waals surface area contributed by atoms with Crippen LogP contribution in [0.5, 0.6) is 0 Å².